The Labute approximate surface area is 123 Å². The normalized spacial score (nSPS) is 12.3. The number of benzene rings is 1. The summed E-state index contributed by atoms with van der Waals surface area (Å²) in [6.07, 6.45) is 4.74. The molecule has 20 heavy (non-hydrogen) atoms. The Bertz CT molecular complexity index is 355. The lowest BCUT2D eigenvalue weighted by Crippen LogP contribution is -2.26. The second kappa shape index (κ2) is 10.7. The lowest BCUT2D eigenvalue weighted by molar-refractivity contribution is 0.108. The van der Waals surface area contributed by atoms with Crippen LogP contribution in [0.4, 0.5) is 0 Å². The van der Waals surface area contributed by atoms with Crippen LogP contribution >= 0.6 is 0 Å². The van der Waals surface area contributed by atoms with E-state index in [1.807, 2.05) is 12.1 Å². The Morgan fingerprint density at radius 2 is 2.00 bits per heavy atom. The molecule has 3 nitrogen and oxygen atoms in total. The van der Waals surface area contributed by atoms with Crippen LogP contribution in [0.15, 0.2) is 24.3 Å². The molecule has 1 atom stereocenters. The summed E-state index contributed by atoms with van der Waals surface area (Å²) in [5, 5.41) is 3.55. The van der Waals surface area contributed by atoms with E-state index < -0.39 is 0 Å². The Balaban J connectivity index is 2.53. The molecule has 114 valence electrons. The highest BCUT2D eigenvalue weighted by molar-refractivity contribution is 5.30. The minimum Gasteiger partial charge on any atom is -0.497 e. The van der Waals surface area contributed by atoms with E-state index in [0.29, 0.717) is 0 Å². The summed E-state index contributed by atoms with van der Waals surface area (Å²) in [5.74, 6) is 0.900. The molecule has 1 aromatic rings. The largest absolute Gasteiger partial charge is 0.497 e. The molecule has 0 amide bonds. The number of hydrogen-bond acceptors (Lipinski definition) is 3. The first kappa shape index (κ1) is 17.0. The van der Waals surface area contributed by atoms with E-state index in [-0.39, 0.29) is 6.04 Å². The summed E-state index contributed by atoms with van der Waals surface area (Å²) in [5.41, 5.74) is 1.23. The zero-order valence-corrected chi connectivity index (χ0v) is 13.2. The van der Waals surface area contributed by atoms with Gasteiger partial charge in [0.2, 0.25) is 0 Å². The fraction of sp³-hybridized carbons (Fsp3) is 0.647. The zero-order valence-electron chi connectivity index (χ0n) is 13.2. The first-order valence-electron chi connectivity index (χ1n) is 7.76. The summed E-state index contributed by atoms with van der Waals surface area (Å²) in [6.45, 7) is 6.96. The average Bonchev–Trinajstić information content (AvgIpc) is 2.50. The predicted molar refractivity (Wildman–Crippen MR) is 84.4 cm³/mol. The van der Waals surface area contributed by atoms with E-state index in [1.54, 1.807) is 7.11 Å². The van der Waals surface area contributed by atoms with Crippen LogP contribution in [0, 0.1) is 0 Å². The van der Waals surface area contributed by atoms with Gasteiger partial charge < -0.3 is 14.8 Å². The third-order valence-electron chi connectivity index (χ3n) is 3.31. The minimum atomic E-state index is 0.242. The van der Waals surface area contributed by atoms with Crippen molar-refractivity contribution < 1.29 is 9.47 Å². The molecular formula is C17H29NO2. The monoisotopic (exact) mass is 279 g/mol. The van der Waals surface area contributed by atoms with Crippen molar-refractivity contribution >= 4 is 0 Å². The highest BCUT2D eigenvalue weighted by atomic mass is 16.5. The molecule has 0 aliphatic rings. The average molecular weight is 279 g/mol. The van der Waals surface area contributed by atoms with Gasteiger partial charge in [-0.1, -0.05) is 38.8 Å². The fourth-order valence-electron chi connectivity index (χ4n) is 2.11. The van der Waals surface area contributed by atoms with Crippen molar-refractivity contribution in [2.45, 2.75) is 45.6 Å². The Kier molecular flexibility index (Phi) is 9.09. The molecule has 0 fully saturated rings. The second-order valence-corrected chi connectivity index (χ2v) is 5.07. The highest BCUT2D eigenvalue weighted by Crippen LogP contribution is 2.19. The van der Waals surface area contributed by atoms with Crippen LogP contribution < -0.4 is 10.1 Å². The van der Waals surface area contributed by atoms with E-state index in [0.717, 1.165) is 38.3 Å². The lowest BCUT2D eigenvalue weighted by atomic mass is 10.1. The first-order valence-corrected chi connectivity index (χ1v) is 7.76. The number of unbranched alkanes of at least 4 members (excludes halogenated alkanes) is 2. The molecule has 1 rings (SSSR count). The van der Waals surface area contributed by atoms with Crippen molar-refractivity contribution in [1.82, 2.24) is 5.32 Å². The maximum Gasteiger partial charge on any atom is 0.119 e. The van der Waals surface area contributed by atoms with Crippen LogP contribution in [0.25, 0.3) is 0 Å². The zero-order chi connectivity index (χ0) is 14.6. The molecule has 0 aliphatic carbocycles. The van der Waals surface area contributed by atoms with Gasteiger partial charge in [0.05, 0.1) is 19.8 Å². The quantitative estimate of drug-likeness (QED) is 0.622. The standard InChI is InChI=1S/C17H29NO2/c1-4-6-7-12-20-14-17(18-11-5-2)15-9-8-10-16(13-15)19-3/h8-10,13,17-18H,4-7,11-12,14H2,1-3H3. The molecule has 0 saturated carbocycles. The Morgan fingerprint density at radius 1 is 1.15 bits per heavy atom. The second-order valence-electron chi connectivity index (χ2n) is 5.07. The van der Waals surface area contributed by atoms with E-state index in [2.05, 4.69) is 31.3 Å². The van der Waals surface area contributed by atoms with Gasteiger partial charge in [0.25, 0.3) is 0 Å². The molecule has 1 unspecified atom stereocenters. The summed E-state index contributed by atoms with van der Waals surface area (Å²) >= 11 is 0. The SMILES string of the molecule is CCCCCOCC(NCCC)c1cccc(OC)c1. The van der Waals surface area contributed by atoms with Gasteiger partial charge in [-0.15, -0.1) is 0 Å². The molecule has 0 aromatic heterocycles. The molecule has 1 N–H and O–H groups in total. The third kappa shape index (κ3) is 6.40. The van der Waals surface area contributed by atoms with Crippen LogP contribution in [-0.4, -0.2) is 26.9 Å². The number of hydrogen-bond donors (Lipinski definition) is 1. The molecule has 0 spiro atoms. The van der Waals surface area contributed by atoms with Crippen molar-refractivity contribution in [2.75, 3.05) is 26.9 Å². The number of rotatable bonds is 11. The lowest BCUT2D eigenvalue weighted by Gasteiger charge is -2.19. The molecule has 0 radical (unpaired) electrons. The summed E-state index contributed by atoms with van der Waals surface area (Å²) < 4.78 is 11.1. The molecular weight excluding hydrogens is 250 g/mol. The van der Waals surface area contributed by atoms with Gasteiger partial charge >= 0.3 is 0 Å². The van der Waals surface area contributed by atoms with Crippen LogP contribution in [0.3, 0.4) is 0 Å². The minimum absolute atomic E-state index is 0.242. The predicted octanol–water partition coefficient (Wildman–Crippen LogP) is 3.94. The third-order valence-corrected chi connectivity index (χ3v) is 3.31. The van der Waals surface area contributed by atoms with E-state index in [1.165, 1.54) is 18.4 Å². The maximum atomic E-state index is 5.82. The van der Waals surface area contributed by atoms with Crippen molar-refractivity contribution in [3.63, 3.8) is 0 Å². The van der Waals surface area contributed by atoms with Crippen LogP contribution in [-0.2, 0) is 4.74 Å². The maximum absolute atomic E-state index is 5.82. The number of methoxy groups -OCH3 is 1. The van der Waals surface area contributed by atoms with E-state index in [9.17, 15) is 0 Å². The summed E-state index contributed by atoms with van der Waals surface area (Å²) in [7, 11) is 1.70. The van der Waals surface area contributed by atoms with Crippen molar-refractivity contribution in [3.8, 4) is 5.75 Å². The van der Waals surface area contributed by atoms with Gasteiger partial charge in [0.15, 0.2) is 0 Å². The molecule has 0 bridgehead atoms. The van der Waals surface area contributed by atoms with Gasteiger partial charge in [-0.2, -0.15) is 0 Å². The van der Waals surface area contributed by atoms with Gasteiger partial charge in [0, 0.05) is 6.61 Å². The molecule has 0 saturated heterocycles. The highest BCUT2D eigenvalue weighted by Gasteiger charge is 2.11. The summed E-state index contributed by atoms with van der Waals surface area (Å²) in [6, 6.07) is 8.47. The van der Waals surface area contributed by atoms with Crippen LogP contribution in [0.5, 0.6) is 5.75 Å². The van der Waals surface area contributed by atoms with E-state index in [4.69, 9.17) is 9.47 Å². The van der Waals surface area contributed by atoms with Gasteiger partial charge in [0.1, 0.15) is 5.75 Å². The van der Waals surface area contributed by atoms with Crippen molar-refractivity contribution in [1.29, 1.82) is 0 Å². The smallest absolute Gasteiger partial charge is 0.119 e. The van der Waals surface area contributed by atoms with Crippen molar-refractivity contribution in [2.24, 2.45) is 0 Å². The summed E-state index contributed by atoms with van der Waals surface area (Å²) in [4.78, 5) is 0. The molecule has 3 heteroatoms. The fourth-order valence-corrected chi connectivity index (χ4v) is 2.11. The molecule has 1 aromatic carbocycles. The number of ether oxygens (including phenoxy) is 2. The topological polar surface area (TPSA) is 30.5 Å². The van der Waals surface area contributed by atoms with E-state index >= 15 is 0 Å². The van der Waals surface area contributed by atoms with Gasteiger partial charge in [-0.05, 0) is 37.1 Å². The first-order chi connectivity index (χ1) is 9.81. The van der Waals surface area contributed by atoms with Gasteiger partial charge in [-0.3, -0.25) is 0 Å². The Morgan fingerprint density at radius 3 is 2.70 bits per heavy atom. The van der Waals surface area contributed by atoms with Crippen LogP contribution in [0.2, 0.25) is 0 Å². The van der Waals surface area contributed by atoms with Gasteiger partial charge in [-0.25, -0.2) is 0 Å². The number of nitrogens with one attached hydrogen (secondary N) is 1. The molecule has 0 heterocycles. The van der Waals surface area contributed by atoms with Crippen LogP contribution in [0.1, 0.15) is 51.1 Å². The Hall–Kier alpha value is -1.06. The molecule has 0 aliphatic heterocycles. The van der Waals surface area contributed by atoms with Crippen molar-refractivity contribution in [3.05, 3.63) is 29.8 Å².